The van der Waals surface area contributed by atoms with Crippen LogP contribution in [0, 0.1) is 5.82 Å². The van der Waals surface area contributed by atoms with Crippen LogP contribution in [0.3, 0.4) is 0 Å². The number of carbonyl (C=O) groups is 2. The number of cyclic esters (lactones) is 1. The minimum Gasteiger partial charge on any atom is -0.469 e. The van der Waals surface area contributed by atoms with E-state index in [9.17, 15) is 14.0 Å². The largest absolute Gasteiger partial charge is 0.469 e. The molecule has 0 bridgehead atoms. The second-order valence-electron chi connectivity index (χ2n) is 6.50. The molecule has 3 aromatic rings. The Balaban J connectivity index is 0.00000240. The predicted molar refractivity (Wildman–Crippen MR) is 106 cm³/mol. The van der Waals surface area contributed by atoms with Crippen molar-refractivity contribution < 1.29 is 23.5 Å². The second-order valence-corrected chi connectivity index (χ2v) is 6.50. The Morgan fingerprint density at radius 3 is 2.90 bits per heavy atom. The van der Waals surface area contributed by atoms with Gasteiger partial charge in [0.15, 0.2) is 0 Å². The van der Waals surface area contributed by atoms with Crippen LogP contribution in [0.15, 0.2) is 48.9 Å². The van der Waals surface area contributed by atoms with Crippen molar-refractivity contribution in [1.82, 2.24) is 9.38 Å². The Bertz CT molecular complexity index is 1050. The number of hydrogen-bond donors (Lipinski definition) is 0. The zero-order valence-electron chi connectivity index (χ0n) is 15.2. The number of nitrogens with zero attached hydrogens (tertiary/aromatic N) is 3. The summed E-state index contributed by atoms with van der Waals surface area (Å²) in [7, 11) is 1.31. The van der Waals surface area contributed by atoms with Crippen LogP contribution in [0.2, 0.25) is 0 Å². The molecule has 4 rings (SSSR count). The fraction of sp³-hybridized carbons (Fsp3) is 0.286. The number of amides is 1. The Morgan fingerprint density at radius 1 is 1.31 bits per heavy atom. The lowest BCUT2D eigenvalue weighted by atomic mass is 10.1. The monoisotopic (exact) mass is 399 g/mol. The number of methoxy groups -OCH3 is 1. The molecule has 1 saturated heterocycles. The number of rotatable bonds is 5. The van der Waals surface area contributed by atoms with Gasteiger partial charge in [0.05, 0.1) is 19.3 Å². The first kappa shape index (κ1) is 20.3. The summed E-state index contributed by atoms with van der Waals surface area (Å²) in [6.07, 6.45) is 4.83. The van der Waals surface area contributed by atoms with Gasteiger partial charge in [0, 0.05) is 30.6 Å². The summed E-state index contributed by atoms with van der Waals surface area (Å²) in [6.45, 7) is 0.259. The lowest BCUT2D eigenvalue weighted by Gasteiger charge is -2.14. The molecule has 1 atom stereocenters. The third kappa shape index (κ3) is 4.06. The summed E-state index contributed by atoms with van der Waals surface area (Å²) in [5.74, 6) is -0.807. The van der Waals surface area contributed by atoms with E-state index in [0.717, 1.165) is 5.65 Å². The maximum Gasteiger partial charge on any atom is 0.414 e. The molecule has 0 N–H and O–H groups in total. The number of esters is 1. The average molecular weight is 399 g/mol. The Kier molecular flexibility index (Phi) is 5.81. The van der Waals surface area contributed by atoms with E-state index in [0.29, 0.717) is 23.2 Å². The second kappa shape index (κ2) is 8.30. The quantitative estimate of drug-likeness (QED) is 0.605. The van der Waals surface area contributed by atoms with Crippen LogP contribution in [0.4, 0.5) is 14.9 Å². The van der Waals surface area contributed by atoms with E-state index in [4.69, 9.17) is 4.74 Å². The first-order valence-corrected chi connectivity index (χ1v) is 8.83. The molecule has 3 heterocycles. The minimum atomic E-state index is -0.555. The molecule has 29 heavy (non-hydrogen) atoms. The maximum absolute atomic E-state index is 14.8. The Labute approximate surface area is 167 Å². The number of fused-ring (bicyclic) bond motifs is 1. The van der Waals surface area contributed by atoms with Gasteiger partial charge in [0.2, 0.25) is 0 Å². The van der Waals surface area contributed by atoms with E-state index in [1.54, 1.807) is 30.5 Å². The number of aromatic nitrogens is 2. The molecule has 1 aliphatic heterocycles. The lowest BCUT2D eigenvalue weighted by Crippen LogP contribution is -2.24. The SMILES string of the molecule is C.COC(=O)CC[C@H]1CN(c2ccc(-c3ccn4ccnc4c3)c(F)c2)C(=O)O1. The third-order valence-corrected chi connectivity index (χ3v) is 4.75. The van der Waals surface area contributed by atoms with E-state index >= 15 is 0 Å². The summed E-state index contributed by atoms with van der Waals surface area (Å²) in [5.41, 5.74) is 2.25. The molecule has 0 aliphatic carbocycles. The summed E-state index contributed by atoms with van der Waals surface area (Å²) < 4.78 is 26.5. The van der Waals surface area contributed by atoms with E-state index in [1.165, 1.54) is 18.1 Å². The molecule has 1 aliphatic rings. The highest BCUT2D eigenvalue weighted by molar-refractivity contribution is 5.90. The topological polar surface area (TPSA) is 73.1 Å². The predicted octanol–water partition coefficient (Wildman–Crippen LogP) is 4.05. The van der Waals surface area contributed by atoms with Gasteiger partial charge in [-0.05, 0) is 42.3 Å². The van der Waals surface area contributed by atoms with Crippen molar-refractivity contribution in [2.75, 3.05) is 18.6 Å². The normalized spacial score (nSPS) is 15.9. The Morgan fingerprint density at radius 2 is 2.14 bits per heavy atom. The van der Waals surface area contributed by atoms with Gasteiger partial charge in [-0.25, -0.2) is 14.2 Å². The fourth-order valence-corrected chi connectivity index (χ4v) is 3.25. The average Bonchev–Trinajstić information content (AvgIpc) is 3.31. The van der Waals surface area contributed by atoms with Crippen molar-refractivity contribution in [3.63, 3.8) is 0 Å². The molecule has 1 fully saturated rings. The van der Waals surface area contributed by atoms with Crippen molar-refractivity contribution in [2.45, 2.75) is 26.4 Å². The molecule has 1 amide bonds. The van der Waals surface area contributed by atoms with Crippen LogP contribution in [-0.4, -0.2) is 41.2 Å². The number of carbonyl (C=O) groups excluding carboxylic acids is 2. The molecule has 8 heteroatoms. The molecule has 2 aromatic heterocycles. The van der Waals surface area contributed by atoms with E-state index in [-0.39, 0.29) is 26.4 Å². The number of imidazole rings is 1. The number of halogens is 1. The zero-order valence-corrected chi connectivity index (χ0v) is 15.2. The van der Waals surface area contributed by atoms with Crippen LogP contribution < -0.4 is 4.90 Å². The highest BCUT2D eigenvalue weighted by atomic mass is 19.1. The molecule has 1 aromatic carbocycles. The number of benzene rings is 1. The van der Waals surface area contributed by atoms with E-state index in [1.807, 2.05) is 16.8 Å². The van der Waals surface area contributed by atoms with E-state index < -0.39 is 18.0 Å². The standard InChI is InChI=1S/C20H18FN3O4.CH4/c1-27-19(25)5-3-15-12-24(20(26)28-15)14-2-4-16(17(21)11-14)13-6-8-23-9-7-22-18(23)10-13;/h2,4,6-11,15H,3,5,12H2,1H3;1H4/t15-;/m0./s1. The van der Waals surface area contributed by atoms with Gasteiger partial charge < -0.3 is 13.9 Å². The Hall–Kier alpha value is -3.42. The molecule has 0 radical (unpaired) electrons. The number of ether oxygens (including phenoxy) is 2. The summed E-state index contributed by atoms with van der Waals surface area (Å²) >= 11 is 0. The number of hydrogen-bond acceptors (Lipinski definition) is 5. The van der Waals surface area contributed by atoms with Crippen molar-refractivity contribution in [3.8, 4) is 11.1 Å². The van der Waals surface area contributed by atoms with Gasteiger partial charge >= 0.3 is 12.1 Å². The van der Waals surface area contributed by atoms with Crippen LogP contribution in [0.1, 0.15) is 20.3 Å². The highest BCUT2D eigenvalue weighted by Crippen LogP contribution is 2.30. The molecule has 0 spiro atoms. The van der Waals surface area contributed by atoms with Crippen molar-refractivity contribution in [1.29, 1.82) is 0 Å². The highest BCUT2D eigenvalue weighted by Gasteiger charge is 2.33. The summed E-state index contributed by atoms with van der Waals surface area (Å²) in [6, 6.07) is 8.23. The molecule has 0 unspecified atom stereocenters. The first-order valence-electron chi connectivity index (χ1n) is 8.83. The van der Waals surface area contributed by atoms with Gasteiger partial charge in [-0.15, -0.1) is 0 Å². The maximum atomic E-state index is 14.8. The summed E-state index contributed by atoms with van der Waals surface area (Å²) in [4.78, 5) is 29.0. The number of pyridine rings is 1. The molecule has 7 nitrogen and oxygen atoms in total. The first-order chi connectivity index (χ1) is 13.5. The van der Waals surface area contributed by atoms with Crippen LogP contribution in [0.5, 0.6) is 0 Å². The van der Waals surface area contributed by atoms with Crippen LogP contribution in [0.25, 0.3) is 16.8 Å². The van der Waals surface area contributed by atoms with Crippen molar-refractivity contribution in [2.24, 2.45) is 0 Å². The molecular formula is C21H22FN3O4. The molecular weight excluding hydrogens is 377 g/mol. The minimum absolute atomic E-state index is 0. The van der Waals surface area contributed by atoms with Crippen LogP contribution >= 0.6 is 0 Å². The molecule has 0 saturated carbocycles. The van der Waals surface area contributed by atoms with Gasteiger partial charge in [0.25, 0.3) is 0 Å². The lowest BCUT2D eigenvalue weighted by molar-refractivity contribution is -0.141. The van der Waals surface area contributed by atoms with Gasteiger partial charge in [-0.1, -0.05) is 7.43 Å². The zero-order chi connectivity index (χ0) is 19.7. The third-order valence-electron chi connectivity index (χ3n) is 4.75. The smallest absolute Gasteiger partial charge is 0.414 e. The van der Waals surface area contributed by atoms with Crippen LogP contribution in [-0.2, 0) is 14.3 Å². The van der Waals surface area contributed by atoms with Crippen molar-refractivity contribution >= 4 is 23.4 Å². The number of anilines is 1. The van der Waals surface area contributed by atoms with Gasteiger partial charge in [-0.3, -0.25) is 9.69 Å². The van der Waals surface area contributed by atoms with Crippen molar-refractivity contribution in [3.05, 3.63) is 54.7 Å². The van der Waals surface area contributed by atoms with E-state index in [2.05, 4.69) is 9.72 Å². The fourth-order valence-electron chi connectivity index (χ4n) is 3.25. The molecule has 152 valence electrons. The van der Waals surface area contributed by atoms with Gasteiger partial charge in [0.1, 0.15) is 17.6 Å². The van der Waals surface area contributed by atoms with Gasteiger partial charge in [-0.2, -0.15) is 0 Å². The summed E-state index contributed by atoms with van der Waals surface area (Å²) in [5, 5.41) is 0.